The zero-order chi connectivity index (χ0) is 13.0. The molecule has 0 radical (unpaired) electrons. The van der Waals surface area contributed by atoms with E-state index < -0.39 is 0 Å². The van der Waals surface area contributed by atoms with Crippen LogP contribution in [0.1, 0.15) is 10.4 Å². The molecule has 0 aliphatic carbocycles. The summed E-state index contributed by atoms with van der Waals surface area (Å²) in [7, 11) is 1.65. The van der Waals surface area contributed by atoms with Crippen LogP contribution in [0.25, 0.3) is 0 Å². The van der Waals surface area contributed by atoms with Crippen LogP contribution in [0.3, 0.4) is 0 Å². The number of hydrogen-bond acceptors (Lipinski definition) is 3. The van der Waals surface area contributed by atoms with Crippen molar-refractivity contribution in [1.82, 2.24) is 0 Å². The Labute approximate surface area is 119 Å². The standard InChI is InChI=1S/C14H15BrO2S/c1-17-12-4-2-10(3-5-12)8-11(16)9-14-13(15)6-7-18-14/h2-7,11,16H,8-9H2,1H3. The lowest BCUT2D eigenvalue weighted by atomic mass is 10.1. The van der Waals surface area contributed by atoms with Crippen molar-refractivity contribution in [2.24, 2.45) is 0 Å². The highest BCUT2D eigenvalue weighted by Crippen LogP contribution is 2.24. The van der Waals surface area contributed by atoms with Gasteiger partial charge in [0.2, 0.25) is 0 Å². The first-order valence-corrected chi connectivity index (χ1v) is 7.39. The second-order valence-electron chi connectivity index (χ2n) is 4.10. The third-order valence-corrected chi connectivity index (χ3v) is 4.69. The third kappa shape index (κ3) is 3.57. The van der Waals surface area contributed by atoms with Crippen LogP contribution in [0, 0.1) is 0 Å². The highest BCUT2D eigenvalue weighted by atomic mass is 79.9. The number of aliphatic hydroxyl groups is 1. The monoisotopic (exact) mass is 326 g/mol. The van der Waals surface area contributed by atoms with Crippen molar-refractivity contribution in [3.05, 3.63) is 50.6 Å². The van der Waals surface area contributed by atoms with E-state index in [4.69, 9.17) is 4.74 Å². The van der Waals surface area contributed by atoms with Crippen LogP contribution in [0.5, 0.6) is 5.75 Å². The van der Waals surface area contributed by atoms with Crippen LogP contribution in [0.2, 0.25) is 0 Å². The molecule has 1 unspecified atom stereocenters. The van der Waals surface area contributed by atoms with Crippen molar-refractivity contribution < 1.29 is 9.84 Å². The normalized spacial score (nSPS) is 12.4. The number of benzene rings is 1. The predicted molar refractivity (Wildman–Crippen MR) is 78.4 cm³/mol. The lowest BCUT2D eigenvalue weighted by Gasteiger charge is -2.10. The van der Waals surface area contributed by atoms with E-state index in [1.54, 1.807) is 18.4 Å². The van der Waals surface area contributed by atoms with Gasteiger partial charge in [0.05, 0.1) is 13.2 Å². The summed E-state index contributed by atoms with van der Waals surface area (Å²) in [5.41, 5.74) is 1.12. The zero-order valence-corrected chi connectivity index (χ0v) is 12.5. The molecule has 2 aromatic rings. The van der Waals surface area contributed by atoms with Crippen molar-refractivity contribution in [2.75, 3.05) is 7.11 Å². The largest absolute Gasteiger partial charge is 0.497 e. The van der Waals surface area contributed by atoms with E-state index in [0.717, 1.165) is 15.8 Å². The van der Waals surface area contributed by atoms with Gasteiger partial charge in [-0.05, 0) is 51.5 Å². The second kappa shape index (κ2) is 6.36. The molecule has 0 spiro atoms. The summed E-state index contributed by atoms with van der Waals surface area (Å²) in [6.45, 7) is 0. The second-order valence-corrected chi connectivity index (χ2v) is 5.96. The van der Waals surface area contributed by atoms with E-state index >= 15 is 0 Å². The third-order valence-electron chi connectivity index (χ3n) is 2.74. The first-order chi connectivity index (χ1) is 8.69. The van der Waals surface area contributed by atoms with Crippen LogP contribution in [-0.4, -0.2) is 18.3 Å². The van der Waals surface area contributed by atoms with Gasteiger partial charge in [0.1, 0.15) is 5.75 Å². The van der Waals surface area contributed by atoms with Gasteiger partial charge in [0.25, 0.3) is 0 Å². The molecule has 2 nitrogen and oxygen atoms in total. The average Bonchev–Trinajstić information content (AvgIpc) is 2.76. The molecule has 0 amide bonds. The molecule has 0 aliphatic rings. The minimum atomic E-state index is -0.353. The molecule has 0 saturated heterocycles. The Bertz CT molecular complexity index is 493. The molecule has 0 fully saturated rings. The highest BCUT2D eigenvalue weighted by molar-refractivity contribution is 9.10. The highest BCUT2D eigenvalue weighted by Gasteiger charge is 2.10. The first-order valence-electron chi connectivity index (χ1n) is 5.72. The molecule has 0 aliphatic heterocycles. The fourth-order valence-corrected chi connectivity index (χ4v) is 3.38. The molecule has 2 rings (SSSR count). The molecule has 96 valence electrons. The van der Waals surface area contributed by atoms with Gasteiger partial charge in [-0.3, -0.25) is 0 Å². The van der Waals surface area contributed by atoms with E-state index in [1.807, 2.05) is 35.7 Å². The molecule has 1 atom stereocenters. The molecule has 4 heteroatoms. The first kappa shape index (κ1) is 13.6. The summed E-state index contributed by atoms with van der Waals surface area (Å²) in [4.78, 5) is 1.19. The fourth-order valence-electron chi connectivity index (χ4n) is 1.79. The van der Waals surface area contributed by atoms with Crippen molar-refractivity contribution in [2.45, 2.75) is 18.9 Å². The summed E-state index contributed by atoms with van der Waals surface area (Å²) < 4.78 is 6.19. The van der Waals surface area contributed by atoms with Crippen molar-refractivity contribution in [3.63, 3.8) is 0 Å². The lowest BCUT2D eigenvalue weighted by molar-refractivity contribution is 0.176. The Morgan fingerprint density at radius 1 is 1.22 bits per heavy atom. The average molecular weight is 327 g/mol. The van der Waals surface area contributed by atoms with E-state index in [-0.39, 0.29) is 6.10 Å². The number of halogens is 1. The van der Waals surface area contributed by atoms with Gasteiger partial charge in [-0.25, -0.2) is 0 Å². The lowest BCUT2D eigenvalue weighted by Crippen LogP contribution is -2.13. The molecular formula is C14H15BrO2S. The van der Waals surface area contributed by atoms with Gasteiger partial charge in [-0.1, -0.05) is 12.1 Å². The molecule has 0 bridgehead atoms. The Kier molecular flexibility index (Phi) is 4.80. The number of methoxy groups -OCH3 is 1. The van der Waals surface area contributed by atoms with E-state index in [0.29, 0.717) is 12.8 Å². The van der Waals surface area contributed by atoms with Crippen molar-refractivity contribution >= 4 is 27.3 Å². The molecular weight excluding hydrogens is 312 g/mol. The van der Waals surface area contributed by atoms with Gasteiger partial charge in [0.15, 0.2) is 0 Å². The van der Waals surface area contributed by atoms with Gasteiger partial charge in [-0.15, -0.1) is 11.3 Å². The number of rotatable bonds is 5. The van der Waals surface area contributed by atoms with E-state index in [1.165, 1.54) is 4.88 Å². The zero-order valence-electron chi connectivity index (χ0n) is 10.1. The molecule has 18 heavy (non-hydrogen) atoms. The van der Waals surface area contributed by atoms with Crippen molar-refractivity contribution in [1.29, 1.82) is 0 Å². The van der Waals surface area contributed by atoms with E-state index in [9.17, 15) is 5.11 Å². The quantitative estimate of drug-likeness (QED) is 0.908. The SMILES string of the molecule is COc1ccc(CC(O)Cc2sccc2Br)cc1. The fraction of sp³-hybridized carbons (Fsp3) is 0.286. The summed E-state index contributed by atoms with van der Waals surface area (Å²) in [5.74, 6) is 0.842. The van der Waals surface area contributed by atoms with Crippen LogP contribution in [0.15, 0.2) is 40.2 Å². The summed E-state index contributed by atoms with van der Waals surface area (Å²) in [6.07, 6.45) is 0.992. The molecule has 1 heterocycles. The maximum absolute atomic E-state index is 10.1. The molecule has 1 aromatic carbocycles. The predicted octanol–water partition coefficient (Wildman–Crippen LogP) is 3.67. The number of aliphatic hydroxyl groups excluding tert-OH is 1. The molecule has 0 saturated carbocycles. The van der Waals surface area contributed by atoms with Crippen LogP contribution in [-0.2, 0) is 12.8 Å². The molecule has 1 N–H and O–H groups in total. The smallest absolute Gasteiger partial charge is 0.118 e. The Hall–Kier alpha value is -0.840. The van der Waals surface area contributed by atoms with Crippen LogP contribution < -0.4 is 4.74 Å². The van der Waals surface area contributed by atoms with Gasteiger partial charge >= 0.3 is 0 Å². The Balaban J connectivity index is 1.94. The summed E-state index contributed by atoms with van der Waals surface area (Å²) >= 11 is 5.15. The summed E-state index contributed by atoms with van der Waals surface area (Å²) in [6, 6.07) is 9.84. The maximum atomic E-state index is 10.1. The number of hydrogen-bond donors (Lipinski definition) is 1. The summed E-state index contributed by atoms with van der Waals surface area (Å²) in [5, 5.41) is 12.1. The number of thiophene rings is 1. The maximum Gasteiger partial charge on any atom is 0.118 e. The number of ether oxygens (including phenoxy) is 1. The van der Waals surface area contributed by atoms with Gasteiger partial charge < -0.3 is 9.84 Å². The Morgan fingerprint density at radius 2 is 1.94 bits per heavy atom. The minimum Gasteiger partial charge on any atom is -0.497 e. The van der Waals surface area contributed by atoms with E-state index in [2.05, 4.69) is 15.9 Å². The Morgan fingerprint density at radius 3 is 2.50 bits per heavy atom. The van der Waals surface area contributed by atoms with Crippen LogP contribution >= 0.6 is 27.3 Å². The topological polar surface area (TPSA) is 29.5 Å². The van der Waals surface area contributed by atoms with Gasteiger partial charge in [-0.2, -0.15) is 0 Å². The molecule has 1 aromatic heterocycles. The van der Waals surface area contributed by atoms with Crippen LogP contribution in [0.4, 0.5) is 0 Å². The minimum absolute atomic E-state index is 0.353. The van der Waals surface area contributed by atoms with Crippen molar-refractivity contribution in [3.8, 4) is 5.75 Å². The van der Waals surface area contributed by atoms with Gasteiger partial charge in [0, 0.05) is 15.8 Å².